The van der Waals surface area contributed by atoms with Crippen LogP contribution < -0.4 is 10.6 Å². The lowest BCUT2D eigenvalue weighted by Crippen LogP contribution is -2.48. The average molecular weight is 334 g/mol. The van der Waals surface area contributed by atoms with Gasteiger partial charge in [-0.1, -0.05) is 19.8 Å². The highest BCUT2D eigenvalue weighted by molar-refractivity contribution is 5.97. The number of benzene rings is 1. The number of rotatable bonds is 4. The van der Waals surface area contributed by atoms with Crippen LogP contribution in [0.5, 0.6) is 5.75 Å². The molecule has 2 atom stereocenters. The molecule has 7 heteroatoms. The SMILES string of the molecule is C[C@@H]1CCCC[C@@H]1NC(=O)NC(=O)COC(=O)c1ccc(O)cc1. The van der Waals surface area contributed by atoms with Gasteiger partial charge in [0.2, 0.25) is 0 Å². The van der Waals surface area contributed by atoms with Crippen molar-refractivity contribution in [2.24, 2.45) is 5.92 Å². The first-order chi connectivity index (χ1) is 11.5. The van der Waals surface area contributed by atoms with Gasteiger partial charge in [-0.15, -0.1) is 0 Å². The van der Waals surface area contributed by atoms with E-state index in [0.717, 1.165) is 25.7 Å². The van der Waals surface area contributed by atoms with Crippen molar-refractivity contribution < 1.29 is 24.2 Å². The molecule has 1 aromatic carbocycles. The van der Waals surface area contributed by atoms with Gasteiger partial charge in [-0.25, -0.2) is 9.59 Å². The summed E-state index contributed by atoms with van der Waals surface area (Å²) in [6.45, 7) is 1.53. The van der Waals surface area contributed by atoms with Gasteiger partial charge in [0.05, 0.1) is 5.56 Å². The van der Waals surface area contributed by atoms with Gasteiger partial charge in [0.1, 0.15) is 5.75 Å². The number of hydrogen-bond acceptors (Lipinski definition) is 5. The second kappa shape index (κ2) is 8.33. The van der Waals surface area contributed by atoms with E-state index in [4.69, 9.17) is 9.84 Å². The second-order valence-electron chi connectivity index (χ2n) is 6.01. The first-order valence-corrected chi connectivity index (χ1v) is 8.02. The molecule has 0 radical (unpaired) electrons. The summed E-state index contributed by atoms with van der Waals surface area (Å²) in [6, 6.07) is 4.94. The third-order valence-electron chi connectivity index (χ3n) is 4.12. The fourth-order valence-corrected chi connectivity index (χ4v) is 2.71. The second-order valence-corrected chi connectivity index (χ2v) is 6.01. The molecule has 0 bridgehead atoms. The number of carbonyl (C=O) groups excluding carboxylic acids is 3. The maximum absolute atomic E-state index is 11.8. The summed E-state index contributed by atoms with van der Waals surface area (Å²) in [7, 11) is 0. The molecule has 1 aliphatic carbocycles. The van der Waals surface area contributed by atoms with Crippen LogP contribution in [0.15, 0.2) is 24.3 Å². The molecule has 24 heavy (non-hydrogen) atoms. The van der Waals surface area contributed by atoms with Gasteiger partial charge >= 0.3 is 12.0 Å². The minimum Gasteiger partial charge on any atom is -0.508 e. The maximum atomic E-state index is 11.8. The van der Waals surface area contributed by atoms with Crippen molar-refractivity contribution in [3.8, 4) is 5.75 Å². The number of nitrogens with one attached hydrogen (secondary N) is 2. The smallest absolute Gasteiger partial charge is 0.338 e. The van der Waals surface area contributed by atoms with Crippen LogP contribution in [0.25, 0.3) is 0 Å². The third kappa shape index (κ3) is 5.26. The van der Waals surface area contributed by atoms with Crippen molar-refractivity contribution in [2.75, 3.05) is 6.61 Å². The normalized spacial score (nSPS) is 20.0. The van der Waals surface area contributed by atoms with Gasteiger partial charge < -0.3 is 15.2 Å². The Morgan fingerprint density at radius 1 is 1.17 bits per heavy atom. The summed E-state index contributed by atoms with van der Waals surface area (Å²) >= 11 is 0. The Hall–Kier alpha value is -2.57. The Morgan fingerprint density at radius 2 is 1.83 bits per heavy atom. The minimum atomic E-state index is -0.702. The molecular formula is C17H22N2O5. The summed E-state index contributed by atoms with van der Waals surface area (Å²) in [5, 5.41) is 14.1. The molecule has 0 aromatic heterocycles. The number of ether oxygens (including phenoxy) is 1. The van der Waals surface area contributed by atoms with Crippen LogP contribution in [0, 0.1) is 5.92 Å². The van der Waals surface area contributed by atoms with E-state index in [-0.39, 0.29) is 17.4 Å². The predicted octanol–water partition coefficient (Wildman–Crippen LogP) is 1.95. The Bertz CT molecular complexity index is 600. The fourth-order valence-electron chi connectivity index (χ4n) is 2.71. The van der Waals surface area contributed by atoms with Gasteiger partial charge in [0.25, 0.3) is 5.91 Å². The first-order valence-electron chi connectivity index (χ1n) is 8.02. The number of esters is 1. The third-order valence-corrected chi connectivity index (χ3v) is 4.12. The summed E-state index contributed by atoms with van der Waals surface area (Å²) in [4.78, 5) is 35.2. The molecule has 1 aliphatic rings. The minimum absolute atomic E-state index is 0.0258. The fraction of sp³-hybridized carbons (Fsp3) is 0.471. The van der Waals surface area contributed by atoms with Crippen LogP contribution in [-0.4, -0.2) is 35.7 Å². The maximum Gasteiger partial charge on any atom is 0.338 e. The Morgan fingerprint density at radius 3 is 2.50 bits per heavy atom. The van der Waals surface area contributed by atoms with E-state index < -0.39 is 24.5 Å². The molecule has 3 amide bonds. The van der Waals surface area contributed by atoms with E-state index >= 15 is 0 Å². The molecule has 130 valence electrons. The zero-order valence-electron chi connectivity index (χ0n) is 13.6. The van der Waals surface area contributed by atoms with Gasteiger partial charge in [0, 0.05) is 6.04 Å². The lowest BCUT2D eigenvalue weighted by Gasteiger charge is -2.29. The highest BCUT2D eigenvalue weighted by atomic mass is 16.5. The summed E-state index contributed by atoms with van der Waals surface area (Å²) in [5.41, 5.74) is 0.209. The highest BCUT2D eigenvalue weighted by Gasteiger charge is 2.23. The number of urea groups is 1. The molecule has 0 saturated heterocycles. The van der Waals surface area contributed by atoms with Crippen LogP contribution in [0.4, 0.5) is 4.79 Å². The van der Waals surface area contributed by atoms with Crippen LogP contribution in [0.1, 0.15) is 43.0 Å². The van der Waals surface area contributed by atoms with E-state index in [1.54, 1.807) is 0 Å². The Kier molecular flexibility index (Phi) is 6.17. The van der Waals surface area contributed by atoms with Crippen LogP contribution in [0.2, 0.25) is 0 Å². The van der Waals surface area contributed by atoms with E-state index in [1.165, 1.54) is 24.3 Å². The van der Waals surface area contributed by atoms with Crippen LogP contribution >= 0.6 is 0 Å². The monoisotopic (exact) mass is 334 g/mol. The van der Waals surface area contributed by atoms with Crippen molar-refractivity contribution in [1.82, 2.24) is 10.6 Å². The number of amides is 3. The lowest BCUT2D eigenvalue weighted by atomic mass is 9.86. The van der Waals surface area contributed by atoms with Gasteiger partial charge in [-0.3, -0.25) is 10.1 Å². The van der Waals surface area contributed by atoms with Crippen LogP contribution in [-0.2, 0) is 9.53 Å². The van der Waals surface area contributed by atoms with Crippen molar-refractivity contribution in [3.05, 3.63) is 29.8 Å². The molecule has 3 N–H and O–H groups in total. The lowest BCUT2D eigenvalue weighted by molar-refractivity contribution is -0.123. The van der Waals surface area contributed by atoms with E-state index in [1.807, 2.05) is 0 Å². The van der Waals surface area contributed by atoms with Gasteiger partial charge in [-0.05, 0) is 43.0 Å². The summed E-state index contributed by atoms with van der Waals surface area (Å²) < 4.78 is 4.83. The van der Waals surface area contributed by atoms with Crippen molar-refractivity contribution in [2.45, 2.75) is 38.6 Å². The summed E-state index contributed by atoms with van der Waals surface area (Å²) in [6.07, 6.45) is 4.18. The zero-order chi connectivity index (χ0) is 17.5. The Labute approximate surface area is 140 Å². The number of phenols is 1. The molecule has 7 nitrogen and oxygen atoms in total. The number of hydrogen-bond donors (Lipinski definition) is 3. The number of carbonyl (C=O) groups is 3. The zero-order valence-corrected chi connectivity index (χ0v) is 13.6. The standard InChI is InChI=1S/C17H22N2O5/c1-11-4-2-3-5-14(11)18-17(23)19-15(21)10-24-16(22)12-6-8-13(20)9-7-12/h6-9,11,14,20H,2-5,10H2,1H3,(H2,18,19,21,23)/t11-,14+/m1/s1. The van der Waals surface area contributed by atoms with Crippen molar-refractivity contribution >= 4 is 17.9 Å². The van der Waals surface area contributed by atoms with Gasteiger partial charge in [0.15, 0.2) is 6.61 Å². The molecule has 1 saturated carbocycles. The quantitative estimate of drug-likeness (QED) is 0.730. The molecule has 1 aromatic rings. The molecule has 1 fully saturated rings. The predicted molar refractivity (Wildman–Crippen MR) is 86.5 cm³/mol. The average Bonchev–Trinajstić information content (AvgIpc) is 2.55. The van der Waals surface area contributed by atoms with Crippen molar-refractivity contribution in [1.29, 1.82) is 0 Å². The molecular weight excluding hydrogens is 312 g/mol. The topological polar surface area (TPSA) is 105 Å². The highest BCUT2D eigenvalue weighted by Crippen LogP contribution is 2.23. The van der Waals surface area contributed by atoms with E-state index in [2.05, 4.69) is 17.6 Å². The van der Waals surface area contributed by atoms with Gasteiger partial charge in [-0.2, -0.15) is 0 Å². The molecule has 0 spiro atoms. The molecule has 2 rings (SSSR count). The molecule has 0 aliphatic heterocycles. The molecule has 0 unspecified atom stereocenters. The molecule has 0 heterocycles. The van der Waals surface area contributed by atoms with E-state index in [9.17, 15) is 14.4 Å². The number of phenolic OH excluding ortho intramolecular Hbond substituents is 1. The number of aromatic hydroxyl groups is 1. The largest absolute Gasteiger partial charge is 0.508 e. The number of imide groups is 1. The van der Waals surface area contributed by atoms with E-state index in [0.29, 0.717) is 5.92 Å². The summed E-state index contributed by atoms with van der Waals surface area (Å²) in [5.74, 6) is -0.987. The first kappa shape index (κ1) is 17.8. The van der Waals surface area contributed by atoms with Crippen LogP contribution in [0.3, 0.4) is 0 Å². The Balaban J connectivity index is 1.73. The van der Waals surface area contributed by atoms with Crippen molar-refractivity contribution in [3.63, 3.8) is 0 Å².